The minimum Gasteiger partial charge on any atom is -0.298 e. The van der Waals surface area contributed by atoms with Gasteiger partial charge in [-0.15, -0.1) is 11.6 Å². The van der Waals surface area contributed by atoms with Gasteiger partial charge in [0.1, 0.15) is 6.29 Å². The average Bonchev–Trinajstić information content (AvgIpc) is 2.19. The molecule has 1 rings (SSSR count). The first-order valence-corrected chi connectivity index (χ1v) is 4.67. The molecule has 1 aromatic rings. The van der Waals surface area contributed by atoms with Crippen LogP contribution in [0, 0.1) is 0 Å². The van der Waals surface area contributed by atoms with E-state index in [-0.39, 0.29) is 0 Å². The Balaban J connectivity index is 2.79. The molecule has 68 valence electrons. The summed E-state index contributed by atoms with van der Waals surface area (Å²) >= 11 is 5.54. The van der Waals surface area contributed by atoms with E-state index in [1.807, 2.05) is 36.4 Å². The molecule has 0 saturated heterocycles. The van der Waals surface area contributed by atoms with E-state index in [0.29, 0.717) is 12.3 Å². The molecule has 0 heterocycles. The van der Waals surface area contributed by atoms with Gasteiger partial charge < -0.3 is 0 Å². The lowest BCUT2D eigenvalue weighted by molar-refractivity contribution is -0.104. The quantitative estimate of drug-likeness (QED) is 0.409. The van der Waals surface area contributed by atoms with Crippen molar-refractivity contribution in [1.29, 1.82) is 0 Å². The number of carbonyl (C=O) groups excluding carboxylic acids is 1. The van der Waals surface area contributed by atoms with Gasteiger partial charge in [-0.25, -0.2) is 0 Å². The first kappa shape index (κ1) is 10.0. The second kappa shape index (κ2) is 5.55. The molecule has 0 aliphatic carbocycles. The molecule has 0 atom stereocenters. The predicted molar refractivity (Wildman–Crippen MR) is 55.8 cm³/mol. The number of rotatable bonds is 4. The highest BCUT2D eigenvalue weighted by atomic mass is 35.5. The molecule has 0 aromatic heterocycles. The Bertz CT molecular complexity index is 290. The molecular formula is C11H11ClO. The summed E-state index contributed by atoms with van der Waals surface area (Å²) in [5.74, 6) is 0.484. The van der Waals surface area contributed by atoms with Crippen LogP contribution >= 0.6 is 11.6 Å². The Morgan fingerprint density at radius 3 is 2.54 bits per heavy atom. The summed E-state index contributed by atoms with van der Waals surface area (Å²) in [6.07, 6.45) is 3.34. The number of hydrogen-bond acceptors (Lipinski definition) is 1. The van der Waals surface area contributed by atoms with E-state index in [1.54, 1.807) is 0 Å². The summed E-state index contributed by atoms with van der Waals surface area (Å²) in [4.78, 5) is 10.6. The number of carbonyl (C=O) groups is 1. The number of benzene rings is 1. The molecule has 0 aliphatic rings. The molecule has 0 saturated carbocycles. The lowest BCUT2D eigenvalue weighted by Crippen LogP contribution is -1.86. The number of alkyl halides is 1. The van der Waals surface area contributed by atoms with Gasteiger partial charge in [-0.1, -0.05) is 30.3 Å². The van der Waals surface area contributed by atoms with Crippen LogP contribution < -0.4 is 0 Å². The zero-order valence-corrected chi connectivity index (χ0v) is 8.00. The van der Waals surface area contributed by atoms with Crippen LogP contribution in [0.3, 0.4) is 0 Å². The van der Waals surface area contributed by atoms with Gasteiger partial charge in [0, 0.05) is 5.88 Å². The fourth-order valence-corrected chi connectivity index (χ4v) is 1.26. The van der Waals surface area contributed by atoms with Gasteiger partial charge in [0.05, 0.1) is 0 Å². The van der Waals surface area contributed by atoms with E-state index in [0.717, 1.165) is 17.4 Å². The minimum atomic E-state index is 0.484. The van der Waals surface area contributed by atoms with Gasteiger partial charge in [-0.05, 0) is 23.6 Å². The Kier molecular flexibility index (Phi) is 4.27. The van der Waals surface area contributed by atoms with Crippen molar-refractivity contribution in [3.63, 3.8) is 0 Å². The number of halogens is 1. The zero-order chi connectivity index (χ0) is 9.52. The molecular weight excluding hydrogens is 184 g/mol. The molecule has 1 aromatic carbocycles. The van der Waals surface area contributed by atoms with Crippen molar-refractivity contribution in [2.45, 2.75) is 6.42 Å². The maximum absolute atomic E-state index is 10.6. The fourth-order valence-electron chi connectivity index (χ4n) is 1.04. The second-order valence-corrected chi connectivity index (χ2v) is 3.06. The Morgan fingerprint density at radius 1 is 1.31 bits per heavy atom. The van der Waals surface area contributed by atoms with Crippen LogP contribution in [0.25, 0.3) is 6.08 Å². The molecule has 0 bridgehead atoms. The standard InChI is InChI=1S/C11H11ClO/c12-7-6-11(9-13)8-10-4-2-1-3-5-10/h1-5,8-9H,6-7H2. The SMILES string of the molecule is O=CC(=Cc1ccccc1)CCCl. The van der Waals surface area contributed by atoms with E-state index in [1.165, 1.54) is 0 Å². The van der Waals surface area contributed by atoms with Crippen LogP contribution in [0.15, 0.2) is 35.9 Å². The number of allylic oxidation sites excluding steroid dienone is 1. The van der Waals surface area contributed by atoms with Crippen molar-refractivity contribution in [2.24, 2.45) is 0 Å². The third-order valence-corrected chi connectivity index (χ3v) is 1.88. The summed E-state index contributed by atoms with van der Waals surface area (Å²) in [6.45, 7) is 0. The molecule has 0 N–H and O–H groups in total. The van der Waals surface area contributed by atoms with Gasteiger partial charge in [-0.2, -0.15) is 0 Å². The molecule has 0 fully saturated rings. The number of hydrogen-bond donors (Lipinski definition) is 0. The third kappa shape index (κ3) is 3.43. The van der Waals surface area contributed by atoms with E-state index in [4.69, 9.17) is 11.6 Å². The van der Waals surface area contributed by atoms with Crippen LogP contribution in [-0.4, -0.2) is 12.2 Å². The van der Waals surface area contributed by atoms with Gasteiger partial charge in [0.25, 0.3) is 0 Å². The Hall–Kier alpha value is -1.08. The lowest BCUT2D eigenvalue weighted by atomic mass is 10.1. The highest BCUT2D eigenvalue weighted by Crippen LogP contribution is 2.08. The van der Waals surface area contributed by atoms with Gasteiger partial charge in [0.2, 0.25) is 0 Å². The van der Waals surface area contributed by atoms with E-state index in [9.17, 15) is 4.79 Å². The second-order valence-electron chi connectivity index (χ2n) is 2.69. The first-order valence-electron chi connectivity index (χ1n) is 4.13. The Morgan fingerprint density at radius 2 is 2.00 bits per heavy atom. The van der Waals surface area contributed by atoms with Gasteiger partial charge >= 0.3 is 0 Å². The molecule has 0 amide bonds. The van der Waals surface area contributed by atoms with Crippen LogP contribution in [0.4, 0.5) is 0 Å². The molecule has 2 heteroatoms. The van der Waals surface area contributed by atoms with Crippen molar-refractivity contribution in [3.05, 3.63) is 41.5 Å². The topological polar surface area (TPSA) is 17.1 Å². The predicted octanol–water partition coefficient (Wildman–Crippen LogP) is 2.90. The van der Waals surface area contributed by atoms with E-state index in [2.05, 4.69) is 0 Å². The Labute approximate surface area is 83.0 Å². The monoisotopic (exact) mass is 194 g/mol. The van der Waals surface area contributed by atoms with Gasteiger partial charge in [-0.3, -0.25) is 4.79 Å². The van der Waals surface area contributed by atoms with Crippen molar-refractivity contribution >= 4 is 24.0 Å². The largest absolute Gasteiger partial charge is 0.298 e. The zero-order valence-electron chi connectivity index (χ0n) is 7.24. The summed E-state index contributed by atoms with van der Waals surface area (Å²) in [5.41, 5.74) is 1.77. The van der Waals surface area contributed by atoms with Crippen molar-refractivity contribution in [2.75, 3.05) is 5.88 Å². The van der Waals surface area contributed by atoms with Crippen LogP contribution in [0.2, 0.25) is 0 Å². The third-order valence-electron chi connectivity index (χ3n) is 1.69. The van der Waals surface area contributed by atoms with E-state index >= 15 is 0 Å². The molecule has 0 aliphatic heterocycles. The summed E-state index contributed by atoms with van der Waals surface area (Å²) in [5, 5.41) is 0. The highest BCUT2D eigenvalue weighted by Gasteiger charge is 1.94. The van der Waals surface area contributed by atoms with Crippen molar-refractivity contribution in [1.82, 2.24) is 0 Å². The maximum atomic E-state index is 10.6. The molecule has 0 unspecified atom stereocenters. The lowest BCUT2D eigenvalue weighted by Gasteiger charge is -1.96. The van der Waals surface area contributed by atoms with Crippen molar-refractivity contribution in [3.8, 4) is 0 Å². The summed E-state index contributed by atoms with van der Waals surface area (Å²) in [7, 11) is 0. The van der Waals surface area contributed by atoms with Crippen LogP contribution in [0.1, 0.15) is 12.0 Å². The maximum Gasteiger partial charge on any atom is 0.146 e. The van der Waals surface area contributed by atoms with Gasteiger partial charge in [0.15, 0.2) is 0 Å². The molecule has 13 heavy (non-hydrogen) atoms. The fraction of sp³-hybridized carbons (Fsp3) is 0.182. The highest BCUT2D eigenvalue weighted by molar-refractivity contribution is 6.18. The summed E-state index contributed by atoms with van der Waals surface area (Å²) in [6, 6.07) is 9.73. The average molecular weight is 195 g/mol. The normalized spacial score (nSPS) is 11.3. The minimum absolute atomic E-state index is 0.484. The molecule has 1 nitrogen and oxygen atoms in total. The molecule has 0 spiro atoms. The molecule has 0 radical (unpaired) electrons. The summed E-state index contributed by atoms with van der Waals surface area (Å²) < 4.78 is 0. The smallest absolute Gasteiger partial charge is 0.146 e. The number of aldehydes is 1. The van der Waals surface area contributed by atoms with Crippen LogP contribution in [0.5, 0.6) is 0 Å². The van der Waals surface area contributed by atoms with Crippen LogP contribution in [-0.2, 0) is 4.79 Å². The van der Waals surface area contributed by atoms with E-state index < -0.39 is 0 Å². The van der Waals surface area contributed by atoms with Crippen molar-refractivity contribution < 1.29 is 4.79 Å². The first-order chi connectivity index (χ1) is 6.36.